The normalized spacial score (nSPS) is 20.3. The first-order chi connectivity index (χ1) is 6.63. The van der Waals surface area contributed by atoms with Crippen molar-refractivity contribution in [3.63, 3.8) is 0 Å². The van der Waals surface area contributed by atoms with Gasteiger partial charge in [0.1, 0.15) is 6.61 Å². The van der Waals surface area contributed by atoms with Gasteiger partial charge in [0.2, 0.25) is 5.91 Å². The van der Waals surface area contributed by atoms with Gasteiger partial charge in [-0.25, -0.2) is 9.69 Å². The molecule has 15 heavy (non-hydrogen) atoms. The molecule has 0 bridgehead atoms. The van der Waals surface area contributed by atoms with Gasteiger partial charge in [0.15, 0.2) is 0 Å². The minimum atomic E-state index is -0.519. The lowest BCUT2D eigenvalue weighted by molar-refractivity contribution is -0.132. The highest BCUT2D eigenvalue weighted by molar-refractivity contribution is 5.94. The van der Waals surface area contributed by atoms with Crippen molar-refractivity contribution in [2.45, 2.75) is 46.6 Å². The van der Waals surface area contributed by atoms with Crippen LogP contribution >= 0.6 is 0 Å². The van der Waals surface area contributed by atoms with Crippen LogP contribution in [-0.2, 0) is 9.53 Å². The van der Waals surface area contributed by atoms with Gasteiger partial charge in [-0.15, -0.1) is 0 Å². The molecule has 0 atom stereocenters. The minimum absolute atomic E-state index is 0.115. The third-order valence-corrected chi connectivity index (χ3v) is 2.27. The number of nitrogens with zero attached hydrogens (tertiary/aromatic N) is 1. The van der Waals surface area contributed by atoms with Crippen LogP contribution in [0.15, 0.2) is 0 Å². The van der Waals surface area contributed by atoms with E-state index in [1.807, 2.05) is 34.6 Å². The maximum atomic E-state index is 11.9. The van der Waals surface area contributed by atoms with E-state index in [4.69, 9.17) is 4.74 Å². The first-order valence-electron chi connectivity index (χ1n) is 5.13. The van der Waals surface area contributed by atoms with Gasteiger partial charge in [0.05, 0.1) is 5.54 Å². The molecular formula is C11H19NO3. The summed E-state index contributed by atoms with van der Waals surface area (Å²) in [5.41, 5.74) is -0.630. The van der Waals surface area contributed by atoms with E-state index < -0.39 is 11.6 Å². The van der Waals surface area contributed by atoms with Gasteiger partial charge in [0, 0.05) is 6.42 Å². The molecule has 0 aliphatic carbocycles. The van der Waals surface area contributed by atoms with Gasteiger partial charge < -0.3 is 4.74 Å². The van der Waals surface area contributed by atoms with Crippen molar-refractivity contribution >= 4 is 12.0 Å². The molecule has 4 heteroatoms. The molecule has 0 aromatic carbocycles. The SMILES string of the molecule is CC(C)(C)CC(=O)N1C(=O)OCC1(C)C. The Balaban J connectivity index is 2.79. The molecule has 1 rings (SSSR count). The highest BCUT2D eigenvalue weighted by Crippen LogP contribution is 2.28. The van der Waals surface area contributed by atoms with E-state index >= 15 is 0 Å². The number of hydrogen-bond acceptors (Lipinski definition) is 3. The molecule has 0 saturated carbocycles. The van der Waals surface area contributed by atoms with Crippen molar-refractivity contribution in [2.24, 2.45) is 5.41 Å². The number of amides is 2. The molecule has 1 fully saturated rings. The Kier molecular flexibility index (Phi) is 2.81. The van der Waals surface area contributed by atoms with E-state index in [0.29, 0.717) is 6.42 Å². The van der Waals surface area contributed by atoms with Crippen molar-refractivity contribution < 1.29 is 14.3 Å². The number of cyclic esters (lactones) is 1. The molecule has 2 amide bonds. The maximum absolute atomic E-state index is 11.9. The predicted molar refractivity (Wildman–Crippen MR) is 56.3 cm³/mol. The maximum Gasteiger partial charge on any atom is 0.417 e. The zero-order chi connectivity index (χ0) is 11.9. The van der Waals surface area contributed by atoms with E-state index in [0.717, 1.165) is 0 Å². The lowest BCUT2D eigenvalue weighted by Gasteiger charge is -2.28. The summed E-state index contributed by atoms with van der Waals surface area (Å²) in [6, 6.07) is 0. The number of carbonyl (C=O) groups is 2. The van der Waals surface area contributed by atoms with Crippen LogP contribution < -0.4 is 0 Å². The molecule has 1 aliphatic heterocycles. The van der Waals surface area contributed by atoms with Crippen LogP contribution in [0.5, 0.6) is 0 Å². The molecule has 1 aliphatic rings. The van der Waals surface area contributed by atoms with Crippen LogP contribution in [0.25, 0.3) is 0 Å². The average Bonchev–Trinajstić information content (AvgIpc) is 2.21. The Labute approximate surface area is 90.6 Å². The Hall–Kier alpha value is -1.06. The summed E-state index contributed by atoms with van der Waals surface area (Å²) in [5, 5.41) is 0. The van der Waals surface area contributed by atoms with Gasteiger partial charge in [-0.3, -0.25) is 4.79 Å². The number of carbonyl (C=O) groups excluding carboxylic acids is 2. The Morgan fingerprint density at radius 1 is 1.47 bits per heavy atom. The molecule has 0 spiro atoms. The van der Waals surface area contributed by atoms with Crippen molar-refractivity contribution in [1.82, 2.24) is 4.90 Å². The number of imide groups is 1. The van der Waals surface area contributed by atoms with E-state index in [1.54, 1.807) is 0 Å². The number of rotatable bonds is 1. The summed E-state index contributed by atoms with van der Waals surface area (Å²) in [4.78, 5) is 24.5. The van der Waals surface area contributed by atoms with Crippen LogP contribution in [0.3, 0.4) is 0 Å². The Morgan fingerprint density at radius 2 is 2.00 bits per heavy atom. The van der Waals surface area contributed by atoms with E-state index in [2.05, 4.69) is 0 Å². The average molecular weight is 213 g/mol. The van der Waals surface area contributed by atoms with Gasteiger partial charge in [0.25, 0.3) is 0 Å². The minimum Gasteiger partial charge on any atom is -0.447 e. The molecule has 1 heterocycles. The molecule has 0 N–H and O–H groups in total. The van der Waals surface area contributed by atoms with E-state index in [9.17, 15) is 9.59 Å². The largest absolute Gasteiger partial charge is 0.447 e. The van der Waals surface area contributed by atoms with Crippen LogP contribution in [0.2, 0.25) is 0 Å². The third kappa shape index (κ3) is 2.70. The van der Waals surface area contributed by atoms with Gasteiger partial charge in [-0.1, -0.05) is 20.8 Å². The van der Waals surface area contributed by atoms with Crippen molar-refractivity contribution in [2.75, 3.05) is 6.61 Å². The smallest absolute Gasteiger partial charge is 0.417 e. The van der Waals surface area contributed by atoms with Crippen molar-refractivity contribution in [1.29, 1.82) is 0 Å². The summed E-state index contributed by atoms with van der Waals surface area (Å²) in [7, 11) is 0. The zero-order valence-electron chi connectivity index (χ0n) is 10.1. The summed E-state index contributed by atoms with van der Waals surface area (Å²) < 4.78 is 4.88. The highest BCUT2D eigenvalue weighted by atomic mass is 16.6. The number of ether oxygens (including phenoxy) is 1. The van der Waals surface area contributed by atoms with Crippen LogP contribution in [0.1, 0.15) is 41.0 Å². The molecule has 0 aromatic rings. The molecular weight excluding hydrogens is 194 g/mol. The molecule has 86 valence electrons. The highest BCUT2D eigenvalue weighted by Gasteiger charge is 2.44. The van der Waals surface area contributed by atoms with Gasteiger partial charge >= 0.3 is 6.09 Å². The first-order valence-corrected chi connectivity index (χ1v) is 5.13. The van der Waals surface area contributed by atoms with Crippen LogP contribution in [0, 0.1) is 5.41 Å². The summed E-state index contributed by atoms with van der Waals surface area (Å²) >= 11 is 0. The van der Waals surface area contributed by atoms with Crippen LogP contribution in [0.4, 0.5) is 4.79 Å². The lowest BCUT2D eigenvalue weighted by Crippen LogP contribution is -2.46. The van der Waals surface area contributed by atoms with Gasteiger partial charge in [-0.2, -0.15) is 0 Å². The summed E-state index contributed by atoms with van der Waals surface area (Å²) in [6.45, 7) is 9.86. The first kappa shape index (κ1) is 12.0. The Morgan fingerprint density at radius 3 is 2.33 bits per heavy atom. The summed E-state index contributed by atoms with van der Waals surface area (Å²) in [5.74, 6) is -0.157. The third-order valence-electron chi connectivity index (χ3n) is 2.27. The Bertz CT molecular complexity index is 289. The van der Waals surface area contributed by atoms with Crippen molar-refractivity contribution in [3.8, 4) is 0 Å². The standard InChI is InChI=1S/C11H19NO3/c1-10(2,3)6-8(13)12-9(14)15-7-11(12,4)5/h6-7H2,1-5H3. The molecule has 0 unspecified atom stereocenters. The zero-order valence-corrected chi connectivity index (χ0v) is 10.1. The molecule has 1 saturated heterocycles. The molecule has 0 aromatic heterocycles. The van der Waals surface area contributed by atoms with Crippen LogP contribution in [-0.4, -0.2) is 29.0 Å². The second kappa shape index (κ2) is 3.51. The topological polar surface area (TPSA) is 46.6 Å². The second-order valence-corrected chi connectivity index (χ2v) is 5.83. The van der Waals surface area contributed by atoms with Crippen molar-refractivity contribution in [3.05, 3.63) is 0 Å². The quantitative estimate of drug-likeness (QED) is 0.670. The fourth-order valence-corrected chi connectivity index (χ4v) is 1.59. The molecule has 0 radical (unpaired) electrons. The molecule has 4 nitrogen and oxygen atoms in total. The lowest BCUT2D eigenvalue weighted by atomic mass is 9.91. The second-order valence-electron chi connectivity index (χ2n) is 5.83. The monoisotopic (exact) mass is 213 g/mol. The van der Waals surface area contributed by atoms with E-state index in [-0.39, 0.29) is 17.9 Å². The number of hydrogen-bond donors (Lipinski definition) is 0. The van der Waals surface area contributed by atoms with Gasteiger partial charge in [-0.05, 0) is 19.3 Å². The van der Waals surface area contributed by atoms with E-state index in [1.165, 1.54) is 4.90 Å². The predicted octanol–water partition coefficient (Wildman–Crippen LogP) is 2.18. The fourth-order valence-electron chi connectivity index (χ4n) is 1.59. The fraction of sp³-hybridized carbons (Fsp3) is 0.818. The summed E-state index contributed by atoms with van der Waals surface area (Å²) in [6.07, 6.45) is -0.167.